The molecule has 29 heavy (non-hydrogen) atoms. The van der Waals surface area contributed by atoms with E-state index in [0.717, 1.165) is 11.5 Å². The Labute approximate surface area is 176 Å². The van der Waals surface area contributed by atoms with Crippen LogP contribution in [0.25, 0.3) is 11.6 Å². The Bertz CT molecular complexity index is 1090. The summed E-state index contributed by atoms with van der Waals surface area (Å²) in [5, 5.41) is 14.2. The summed E-state index contributed by atoms with van der Waals surface area (Å²) in [6.45, 7) is 2.34. The lowest BCUT2D eigenvalue weighted by Gasteiger charge is -2.03. The summed E-state index contributed by atoms with van der Waals surface area (Å²) in [5.41, 5.74) is 0. The van der Waals surface area contributed by atoms with Crippen LogP contribution in [0.15, 0.2) is 73.9 Å². The number of furan rings is 2. The van der Waals surface area contributed by atoms with Gasteiger partial charge in [-0.15, -0.1) is 10.2 Å². The predicted octanol–water partition coefficient (Wildman–Crippen LogP) is 5.36. The molecule has 0 unspecified atom stereocenters. The second kappa shape index (κ2) is 9.02. The van der Waals surface area contributed by atoms with Crippen LogP contribution in [-0.4, -0.2) is 26.8 Å². The van der Waals surface area contributed by atoms with E-state index in [-0.39, 0.29) is 0 Å². The Morgan fingerprint density at radius 3 is 2.79 bits per heavy atom. The van der Waals surface area contributed by atoms with Crippen LogP contribution in [-0.2, 0) is 6.61 Å². The fourth-order valence-electron chi connectivity index (χ4n) is 2.49. The highest BCUT2D eigenvalue weighted by molar-refractivity contribution is 7.99. The smallest absolute Gasteiger partial charge is 0.221 e. The number of nitrogens with zero attached hydrogens (tertiary/aromatic N) is 4. The number of rotatable bonds is 8. The highest BCUT2D eigenvalue weighted by Gasteiger charge is 2.15. The molecule has 148 valence electrons. The molecule has 0 radical (unpaired) electrons. The van der Waals surface area contributed by atoms with Crippen molar-refractivity contribution < 1.29 is 13.6 Å². The summed E-state index contributed by atoms with van der Waals surface area (Å²) in [4.78, 5) is 0. The Morgan fingerprint density at radius 2 is 2.03 bits per heavy atom. The minimum Gasteiger partial charge on any atom is -0.486 e. The second-order valence-corrected chi connectivity index (χ2v) is 7.49. The van der Waals surface area contributed by atoms with Crippen LogP contribution >= 0.6 is 23.4 Å². The van der Waals surface area contributed by atoms with Crippen molar-refractivity contribution in [1.82, 2.24) is 14.9 Å². The van der Waals surface area contributed by atoms with E-state index < -0.39 is 0 Å². The van der Waals surface area contributed by atoms with E-state index in [1.54, 1.807) is 47.1 Å². The SMILES string of the molecule is CCSc1nnc(-c2ccco2)n1/N=C/c1ccc(COc2ccc(Cl)cc2)o1. The van der Waals surface area contributed by atoms with E-state index in [9.17, 15) is 0 Å². The number of ether oxygens (including phenoxy) is 1. The Morgan fingerprint density at radius 1 is 1.17 bits per heavy atom. The molecule has 0 saturated carbocycles. The van der Waals surface area contributed by atoms with Crippen LogP contribution in [0, 0.1) is 0 Å². The fourth-order valence-corrected chi connectivity index (χ4v) is 3.23. The van der Waals surface area contributed by atoms with E-state index in [0.29, 0.717) is 39.9 Å². The van der Waals surface area contributed by atoms with Gasteiger partial charge in [-0.05, 0) is 54.3 Å². The fraction of sp³-hybridized carbons (Fsp3) is 0.150. The molecule has 0 aliphatic heterocycles. The van der Waals surface area contributed by atoms with Crippen LogP contribution < -0.4 is 4.74 Å². The highest BCUT2D eigenvalue weighted by atomic mass is 35.5. The van der Waals surface area contributed by atoms with Gasteiger partial charge in [0.05, 0.1) is 12.5 Å². The maximum Gasteiger partial charge on any atom is 0.221 e. The lowest BCUT2D eigenvalue weighted by molar-refractivity contribution is 0.270. The van der Waals surface area contributed by atoms with Gasteiger partial charge in [0.2, 0.25) is 11.0 Å². The van der Waals surface area contributed by atoms with Crippen LogP contribution in [0.4, 0.5) is 0 Å². The molecule has 0 fully saturated rings. The first-order chi connectivity index (χ1) is 14.2. The van der Waals surface area contributed by atoms with Crippen molar-refractivity contribution in [3.63, 3.8) is 0 Å². The summed E-state index contributed by atoms with van der Waals surface area (Å²) in [6.07, 6.45) is 3.20. The molecular formula is C20H17ClN4O3S. The van der Waals surface area contributed by atoms with Crippen molar-refractivity contribution in [2.45, 2.75) is 18.7 Å². The van der Waals surface area contributed by atoms with E-state index in [4.69, 9.17) is 25.2 Å². The number of halogens is 1. The topological polar surface area (TPSA) is 78.6 Å². The second-order valence-electron chi connectivity index (χ2n) is 5.82. The average molecular weight is 429 g/mol. The average Bonchev–Trinajstić information content (AvgIpc) is 3.47. The van der Waals surface area contributed by atoms with Crippen molar-refractivity contribution in [3.8, 4) is 17.3 Å². The van der Waals surface area contributed by atoms with Gasteiger partial charge in [-0.2, -0.15) is 9.78 Å². The zero-order valence-electron chi connectivity index (χ0n) is 15.5. The lowest BCUT2D eigenvalue weighted by atomic mass is 10.3. The third-order valence-electron chi connectivity index (χ3n) is 3.80. The molecule has 1 aromatic carbocycles. The van der Waals surface area contributed by atoms with Crippen LogP contribution in [0.2, 0.25) is 5.02 Å². The monoisotopic (exact) mass is 428 g/mol. The van der Waals surface area contributed by atoms with Gasteiger partial charge >= 0.3 is 0 Å². The van der Waals surface area contributed by atoms with Crippen molar-refractivity contribution in [3.05, 3.63) is 71.3 Å². The summed E-state index contributed by atoms with van der Waals surface area (Å²) >= 11 is 7.42. The van der Waals surface area contributed by atoms with Gasteiger partial charge in [-0.3, -0.25) is 0 Å². The molecule has 0 aliphatic carbocycles. The third-order valence-corrected chi connectivity index (χ3v) is 4.86. The number of aromatic nitrogens is 3. The van der Waals surface area contributed by atoms with Gasteiger partial charge in [0.1, 0.15) is 23.9 Å². The molecule has 0 bridgehead atoms. The Kier molecular flexibility index (Phi) is 6.02. The van der Waals surface area contributed by atoms with Crippen LogP contribution in [0.5, 0.6) is 5.75 Å². The number of thioether (sulfide) groups is 1. The van der Waals surface area contributed by atoms with Gasteiger partial charge < -0.3 is 13.6 Å². The van der Waals surface area contributed by atoms with Crippen LogP contribution in [0.1, 0.15) is 18.4 Å². The molecular weight excluding hydrogens is 412 g/mol. The molecule has 0 saturated heterocycles. The molecule has 0 amide bonds. The van der Waals surface area contributed by atoms with Crippen molar-refractivity contribution >= 4 is 29.6 Å². The molecule has 3 aromatic heterocycles. The first-order valence-corrected chi connectivity index (χ1v) is 10.2. The first kappa shape index (κ1) is 19.4. The maximum absolute atomic E-state index is 5.88. The predicted molar refractivity (Wildman–Crippen MR) is 112 cm³/mol. The Balaban J connectivity index is 1.48. The largest absolute Gasteiger partial charge is 0.486 e. The zero-order chi connectivity index (χ0) is 20.1. The lowest BCUT2D eigenvalue weighted by Crippen LogP contribution is -1.96. The quantitative estimate of drug-likeness (QED) is 0.278. The molecule has 0 aliphatic rings. The normalized spacial score (nSPS) is 11.4. The van der Waals surface area contributed by atoms with E-state index in [1.807, 2.05) is 37.3 Å². The third kappa shape index (κ3) is 4.72. The van der Waals surface area contributed by atoms with E-state index in [1.165, 1.54) is 0 Å². The highest BCUT2D eigenvalue weighted by Crippen LogP contribution is 2.24. The molecule has 0 atom stereocenters. The van der Waals surface area contributed by atoms with Gasteiger partial charge in [-0.25, -0.2) is 0 Å². The Hall–Kier alpha value is -2.97. The van der Waals surface area contributed by atoms with Gasteiger partial charge in [0.25, 0.3) is 0 Å². The summed E-state index contributed by atoms with van der Waals surface area (Å²) in [6, 6.07) is 14.5. The van der Waals surface area contributed by atoms with E-state index >= 15 is 0 Å². The van der Waals surface area contributed by atoms with Gasteiger partial charge in [-0.1, -0.05) is 30.3 Å². The maximum atomic E-state index is 5.88. The molecule has 0 spiro atoms. The van der Waals surface area contributed by atoms with Crippen molar-refractivity contribution in [2.75, 3.05) is 5.75 Å². The molecule has 4 rings (SSSR count). The molecule has 7 nitrogen and oxygen atoms in total. The van der Waals surface area contributed by atoms with Crippen molar-refractivity contribution in [1.29, 1.82) is 0 Å². The number of benzene rings is 1. The minimum absolute atomic E-state index is 0.302. The van der Waals surface area contributed by atoms with Gasteiger partial charge in [0.15, 0.2) is 5.76 Å². The minimum atomic E-state index is 0.302. The van der Waals surface area contributed by atoms with Crippen LogP contribution in [0.3, 0.4) is 0 Å². The summed E-state index contributed by atoms with van der Waals surface area (Å²) in [7, 11) is 0. The summed E-state index contributed by atoms with van der Waals surface area (Å²) in [5.74, 6) is 3.95. The number of hydrogen-bond acceptors (Lipinski definition) is 7. The summed E-state index contributed by atoms with van der Waals surface area (Å²) < 4.78 is 18.5. The molecule has 4 aromatic rings. The molecule has 3 heterocycles. The molecule has 0 N–H and O–H groups in total. The van der Waals surface area contributed by atoms with Gasteiger partial charge in [0, 0.05) is 5.02 Å². The zero-order valence-corrected chi connectivity index (χ0v) is 17.1. The first-order valence-electron chi connectivity index (χ1n) is 8.86. The van der Waals surface area contributed by atoms with Crippen molar-refractivity contribution in [2.24, 2.45) is 5.10 Å². The standard InChI is InChI=1S/C20H17ClN4O3S/c1-2-29-20-24-23-19(18-4-3-11-26-18)25(20)22-12-16-9-10-17(28-16)13-27-15-7-5-14(21)6-8-15/h3-12H,2,13H2,1H3/b22-12+. The molecule has 9 heteroatoms. The van der Waals surface area contributed by atoms with E-state index in [2.05, 4.69) is 15.3 Å². The number of hydrogen-bond donors (Lipinski definition) is 0.